The van der Waals surface area contributed by atoms with Gasteiger partial charge in [0.15, 0.2) is 6.29 Å². The number of carbonyl (C=O) groups excluding carboxylic acids is 2. The fourth-order valence-electron chi connectivity index (χ4n) is 7.63. The van der Waals surface area contributed by atoms with Crippen molar-refractivity contribution in [3.63, 3.8) is 0 Å². The molecule has 2 saturated heterocycles. The van der Waals surface area contributed by atoms with Gasteiger partial charge >= 0.3 is 5.97 Å². The van der Waals surface area contributed by atoms with Gasteiger partial charge < -0.3 is 29.8 Å². The van der Waals surface area contributed by atoms with E-state index in [4.69, 9.17) is 24.7 Å². The Labute approximate surface area is 276 Å². The van der Waals surface area contributed by atoms with E-state index in [9.17, 15) is 23.1 Å². The maximum atomic E-state index is 14.3. The topological polar surface area (TPSA) is 155 Å². The summed E-state index contributed by atoms with van der Waals surface area (Å²) < 4.78 is 53.4. The second kappa shape index (κ2) is 15.1. The van der Waals surface area contributed by atoms with E-state index in [2.05, 4.69) is 0 Å². The molecular weight excluding hydrogens is 624 g/mol. The summed E-state index contributed by atoms with van der Waals surface area (Å²) in [5.41, 5.74) is 6.97. The molecule has 11 nitrogen and oxygen atoms in total. The minimum absolute atomic E-state index is 0.00931. The molecule has 256 valence electrons. The quantitative estimate of drug-likeness (QED) is 0.382. The van der Waals surface area contributed by atoms with Crippen molar-refractivity contribution in [3.8, 4) is 0 Å². The molecule has 12 heteroatoms. The van der Waals surface area contributed by atoms with Crippen LogP contribution in [0.5, 0.6) is 0 Å². The number of aliphatic hydroxyl groups is 1. The lowest BCUT2D eigenvalue weighted by Gasteiger charge is -2.31. The summed E-state index contributed by atoms with van der Waals surface area (Å²) in [6.07, 6.45) is 3.70. The Hall–Kier alpha value is -2.87. The lowest BCUT2D eigenvalue weighted by Crippen LogP contribution is -2.42. The Kier molecular flexibility index (Phi) is 10.9. The molecule has 3 N–H and O–H groups in total. The number of benzene rings is 2. The molecule has 7 atom stereocenters. The van der Waals surface area contributed by atoms with Crippen LogP contribution >= 0.6 is 0 Å². The van der Waals surface area contributed by atoms with E-state index in [1.165, 1.54) is 22.5 Å². The Morgan fingerprint density at radius 3 is 2.57 bits per heavy atom. The molecular formula is C35H46N2O9S. The highest BCUT2D eigenvalue weighted by Crippen LogP contribution is 2.49. The van der Waals surface area contributed by atoms with Gasteiger partial charge in [0, 0.05) is 48.9 Å². The van der Waals surface area contributed by atoms with Gasteiger partial charge in [-0.3, -0.25) is 9.59 Å². The summed E-state index contributed by atoms with van der Waals surface area (Å²) in [6.45, 7) is 1.48. The molecule has 2 bridgehead atoms. The molecule has 2 aromatic rings. The van der Waals surface area contributed by atoms with Crippen LogP contribution in [0.4, 0.5) is 0 Å². The van der Waals surface area contributed by atoms with E-state index in [1.54, 1.807) is 0 Å². The Morgan fingerprint density at radius 2 is 1.77 bits per heavy atom. The molecule has 0 aromatic heterocycles. The van der Waals surface area contributed by atoms with Crippen LogP contribution in [-0.2, 0) is 46.8 Å². The van der Waals surface area contributed by atoms with Crippen LogP contribution in [0.2, 0.25) is 0 Å². The molecule has 2 unspecified atom stereocenters. The summed E-state index contributed by atoms with van der Waals surface area (Å²) in [4.78, 5) is 25.5. The van der Waals surface area contributed by atoms with Gasteiger partial charge in [-0.25, -0.2) is 8.42 Å². The van der Waals surface area contributed by atoms with E-state index in [0.29, 0.717) is 38.2 Å². The van der Waals surface area contributed by atoms with Gasteiger partial charge in [-0.15, -0.1) is 0 Å². The largest absolute Gasteiger partial charge is 0.462 e. The lowest BCUT2D eigenvalue weighted by molar-refractivity contribution is -0.178. The van der Waals surface area contributed by atoms with Crippen molar-refractivity contribution >= 4 is 21.9 Å². The second-order valence-corrected chi connectivity index (χ2v) is 15.3. The number of aliphatic hydroxyl groups excluding tert-OH is 1. The van der Waals surface area contributed by atoms with Crippen molar-refractivity contribution in [2.24, 2.45) is 29.4 Å². The first-order valence-electron chi connectivity index (χ1n) is 16.9. The Balaban J connectivity index is 1.23. The highest BCUT2D eigenvalue weighted by molar-refractivity contribution is 7.89. The summed E-state index contributed by atoms with van der Waals surface area (Å²) in [5, 5.41) is 11.8. The molecule has 3 fully saturated rings. The maximum absolute atomic E-state index is 14.3. The first-order valence-corrected chi connectivity index (χ1v) is 18.3. The zero-order chi connectivity index (χ0) is 33.0. The highest BCUT2D eigenvalue weighted by atomic mass is 32.2. The second-order valence-electron chi connectivity index (χ2n) is 13.4. The summed E-state index contributed by atoms with van der Waals surface area (Å²) >= 11 is 0. The van der Waals surface area contributed by atoms with E-state index in [1.807, 2.05) is 30.3 Å². The van der Waals surface area contributed by atoms with Gasteiger partial charge in [-0.1, -0.05) is 49.6 Å². The number of nitrogens with zero attached hydrogens (tertiary/aromatic N) is 1. The van der Waals surface area contributed by atoms with Crippen molar-refractivity contribution in [1.82, 2.24) is 4.31 Å². The number of fused-ring (bicyclic) bond motifs is 2. The molecule has 2 aromatic carbocycles. The molecule has 0 radical (unpaired) electrons. The van der Waals surface area contributed by atoms with Gasteiger partial charge in [0.25, 0.3) is 0 Å². The van der Waals surface area contributed by atoms with E-state index in [-0.39, 0.29) is 66.7 Å². The number of amides is 1. The number of β-amino-alcohol motifs (C(OH)–C–C–N with tert-alkyl or cyclic N) is 1. The van der Waals surface area contributed by atoms with Gasteiger partial charge in [0.05, 0.1) is 37.2 Å². The standard InChI is InChI=1S/C35H46N2O9S/c36-34(40)24-11-12-31-26(16-24)20-43-14-8-3-1-2-7-13-37(47(31,41)42)19-30(38)25(15-23-9-5-4-6-10-23)18-32(39)46-33-27-17-28-29(33)22-45-35(28)44-21-27/h4-6,9-12,16,25,27-30,33,35,38H,1-3,7-8,13-15,17-22H2,(H2,36,40)/t25-,27?,28?,29-,30-,33+,35+/m1/s1. The van der Waals surface area contributed by atoms with Gasteiger partial charge in [-0.05, 0) is 55.0 Å². The number of esters is 1. The molecule has 0 spiro atoms. The predicted molar refractivity (Wildman–Crippen MR) is 171 cm³/mol. The number of primary amides is 1. The fourth-order valence-corrected chi connectivity index (χ4v) is 9.32. The minimum Gasteiger partial charge on any atom is -0.462 e. The molecule has 1 amide bonds. The maximum Gasteiger partial charge on any atom is 0.306 e. The SMILES string of the molecule is NC(=O)c1ccc2c(c1)COCCCCCCCN(C[C@@H](O)[C@@H](CC(=O)O[C@H]1C3CO[C@H]4OC[C@@H]1C4C3)Cc1ccccc1)S2(=O)=O. The molecule has 4 aliphatic rings. The van der Waals surface area contributed by atoms with Gasteiger partial charge in [0.2, 0.25) is 15.9 Å². The van der Waals surface area contributed by atoms with Crippen LogP contribution in [0.25, 0.3) is 0 Å². The number of ether oxygens (including phenoxy) is 4. The smallest absolute Gasteiger partial charge is 0.306 e. The van der Waals surface area contributed by atoms with Crippen LogP contribution in [0, 0.1) is 23.7 Å². The number of sulfonamides is 1. The zero-order valence-corrected chi connectivity index (χ0v) is 27.5. The van der Waals surface area contributed by atoms with Crippen molar-refractivity contribution < 1.29 is 42.1 Å². The normalized spacial score (nSPS) is 29.0. The number of carbonyl (C=O) groups is 2. The van der Waals surface area contributed by atoms with Crippen molar-refractivity contribution in [3.05, 3.63) is 65.2 Å². The summed E-state index contributed by atoms with van der Waals surface area (Å²) in [6, 6.07) is 13.8. The number of hydrogen-bond acceptors (Lipinski definition) is 9. The molecule has 1 saturated carbocycles. The van der Waals surface area contributed by atoms with Crippen LogP contribution in [0.1, 0.15) is 66.4 Å². The van der Waals surface area contributed by atoms with Crippen molar-refractivity contribution in [2.75, 3.05) is 32.9 Å². The monoisotopic (exact) mass is 670 g/mol. The first kappa shape index (κ1) is 34.0. The molecule has 3 heterocycles. The van der Waals surface area contributed by atoms with Crippen LogP contribution in [0.3, 0.4) is 0 Å². The predicted octanol–water partition coefficient (Wildman–Crippen LogP) is 3.42. The third-order valence-corrected chi connectivity index (χ3v) is 12.1. The molecule has 47 heavy (non-hydrogen) atoms. The summed E-state index contributed by atoms with van der Waals surface area (Å²) in [7, 11) is -4.13. The Morgan fingerprint density at radius 1 is 1.00 bits per heavy atom. The molecule has 3 aliphatic heterocycles. The van der Waals surface area contributed by atoms with Gasteiger partial charge in [-0.2, -0.15) is 4.31 Å². The average molecular weight is 671 g/mol. The Bertz CT molecular complexity index is 1500. The van der Waals surface area contributed by atoms with Crippen LogP contribution < -0.4 is 5.73 Å². The fraction of sp³-hybridized carbons (Fsp3) is 0.600. The minimum atomic E-state index is -4.13. The van der Waals surface area contributed by atoms with Crippen LogP contribution in [0.15, 0.2) is 53.4 Å². The third kappa shape index (κ3) is 7.90. The number of rotatable bonds is 9. The number of hydrogen-bond donors (Lipinski definition) is 2. The summed E-state index contributed by atoms with van der Waals surface area (Å²) in [5.74, 6) is -1.22. The highest BCUT2D eigenvalue weighted by Gasteiger charge is 2.56. The zero-order valence-electron chi connectivity index (χ0n) is 26.7. The third-order valence-electron chi connectivity index (χ3n) is 10.2. The van der Waals surface area contributed by atoms with Crippen LogP contribution in [-0.4, -0.2) is 81.1 Å². The molecule has 6 rings (SSSR count). The number of nitrogens with two attached hydrogens (primary N) is 1. The van der Waals surface area contributed by atoms with Crippen molar-refractivity contribution in [1.29, 1.82) is 0 Å². The van der Waals surface area contributed by atoms with E-state index in [0.717, 1.165) is 37.7 Å². The first-order chi connectivity index (χ1) is 22.7. The van der Waals surface area contributed by atoms with Gasteiger partial charge in [0.1, 0.15) is 6.10 Å². The van der Waals surface area contributed by atoms with E-state index >= 15 is 0 Å². The van der Waals surface area contributed by atoms with E-state index < -0.39 is 33.9 Å². The lowest BCUT2D eigenvalue weighted by atomic mass is 9.90. The average Bonchev–Trinajstić information content (AvgIpc) is 3.59. The molecule has 1 aliphatic carbocycles. The van der Waals surface area contributed by atoms with Crippen molar-refractivity contribution in [2.45, 2.75) is 81.4 Å².